The van der Waals surface area contributed by atoms with Crippen LogP contribution in [0.2, 0.25) is 0 Å². The van der Waals surface area contributed by atoms with Gasteiger partial charge in [-0.25, -0.2) is 9.97 Å². The minimum atomic E-state index is 0.296. The molecule has 16 heavy (non-hydrogen) atoms. The molecule has 1 saturated heterocycles. The van der Waals surface area contributed by atoms with E-state index in [2.05, 4.69) is 38.1 Å². The van der Waals surface area contributed by atoms with Crippen LogP contribution in [0.3, 0.4) is 0 Å². The molecular weight excluding hydrogens is 290 g/mol. The van der Waals surface area contributed by atoms with E-state index in [0.29, 0.717) is 11.4 Å². The molecule has 1 aliphatic rings. The summed E-state index contributed by atoms with van der Waals surface area (Å²) in [6, 6.07) is 0. The highest BCUT2D eigenvalue weighted by Crippen LogP contribution is 2.36. The molecule has 4 nitrogen and oxygen atoms in total. The largest absolute Gasteiger partial charge is 0.377 e. The van der Waals surface area contributed by atoms with Crippen molar-refractivity contribution in [2.75, 3.05) is 19.0 Å². The maximum Gasteiger partial charge on any atom is 0.144 e. The predicted molar refractivity (Wildman–Crippen MR) is 69.0 cm³/mol. The van der Waals surface area contributed by atoms with Gasteiger partial charge >= 0.3 is 0 Å². The molecule has 2 atom stereocenters. The van der Waals surface area contributed by atoms with Crippen LogP contribution in [0, 0.1) is 0 Å². The van der Waals surface area contributed by atoms with Gasteiger partial charge in [-0.1, -0.05) is 11.8 Å². The second kappa shape index (κ2) is 5.33. The minimum absolute atomic E-state index is 0.296. The lowest BCUT2D eigenvalue weighted by Crippen LogP contribution is -2.13. The normalized spacial score (nSPS) is 24.7. The van der Waals surface area contributed by atoms with Gasteiger partial charge in [0.25, 0.3) is 0 Å². The van der Waals surface area contributed by atoms with Crippen LogP contribution in [0.5, 0.6) is 0 Å². The number of hydrogen-bond acceptors (Lipinski definition) is 5. The summed E-state index contributed by atoms with van der Waals surface area (Å²) in [6.07, 6.45) is 2.96. The summed E-state index contributed by atoms with van der Waals surface area (Å²) in [5, 5.41) is 4.49. The molecule has 1 aromatic heterocycles. The molecule has 0 spiro atoms. The monoisotopic (exact) mass is 303 g/mol. The number of thioether (sulfide) groups is 1. The summed E-state index contributed by atoms with van der Waals surface area (Å²) in [5.74, 6) is 0.823. The van der Waals surface area contributed by atoms with Crippen molar-refractivity contribution >= 4 is 33.5 Å². The van der Waals surface area contributed by atoms with Crippen molar-refractivity contribution in [1.29, 1.82) is 0 Å². The molecule has 0 radical (unpaired) electrons. The van der Waals surface area contributed by atoms with Gasteiger partial charge in [0.05, 0.1) is 10.6 Å². The molecule has 1 aliphatic heterocycles. The Balaban J connectivity index is 2.14. The molecule has 1 fully saturated rings. The van der Waals surface area contributed by atoms with Crippen molar-refractivity contribution in [2.24, 2.45) is 0 Å². The highest BCUT2D eigenvalue weighted by Gasteiger charge is 2.26. The van der Waals surface area contributed by atoms with Crippen molar-refractivity contribution in [2.45, 2.75) is 29.7 Å². The van der Waals surface area contributed by atoms with E-state index in [0.717, 1.165) is 28.3 Å². The van der Waals surface area contributed by atoms with Gasteiger partial charge in [-0.2, -0.15) is 0 Å². The Hall–Kier alpha value is -0.330. The third-order valence-electron chi connectivity index (χ3n) is 2.56. The van der Waals surface area contributed by atoms with Crippen molar-refractivity contribution in [1.82, 2.24) is 9.97 Å². The third kappa shape index (κ3) is 2.49. The lowest BCUT2D eigenvalue weighted by molar-refractivity contribution is 0.127. The number of halogens is 1. The lowest BCUT2D eigenvalue weighted by Gasteiger charge is -2.14. The van der Waals surface area contributed by atoms with Crippen LogP contribution in [-0.2, 0) is 4.74 Å². The zero-order valence-corrected chi connectivity index (χ0v) is 11.6. The van der Waals surface area contributed by atoms with Crippen LogP contribution in [0.15, 0.2) is 15.8 Å². The van der Waals surface area contributed by atoms with E-state index < -0.39 is 0 Å². The summed E-state index contributed by atoms with van der Waals surface area (Å²) in [4.78, 5) is 8.43. The van der Waals surface area contributed by atoms with Gasteiger partial charge in [-0.05, 0) is 29.3 Å². The minimum Gasteiger partial charge on any atom is -0.377 e. The van der Waals surface area contributed by atoms with Gasteiger partial charge in [0.1, 0.15) is 17.2 Å². The number of nitrogens with zero attached hydrogens (tertiary/aromatic N) is 2. The molecule has 2 heterocycles. The quantitative estimate of drug-likeness (QED) is 0.870. The van der Waals surface area contributed by atoms with E-state index in [1.54, 1.807) is 18.1 Å². The van der Waals surface area contributed by atoms with Crippen molar-refractivity contribution < 1.29 is 4.74 Å². The molecule has 1 N–H and O–H groups in total. The second-order valence-electron chi connectivity index (χ2n) is 3.61. The standard InChI is InChI=1S/C10H14BrN3OS/c1-6-7(3-4-15-6)16-10-8(11)9(12-2)13-5-14-10/h5-7H,3-4H2,1-2H3,(H,12,13,14). The molecule has 88 valence electrons. The van der Waals surface area contributed by atoms with E-state index in [-0.39, 0.29) is 0 Å². The first kappa shape index (κ1) is 12.1. The first-order chi connectivity index (χ1) is 7.72. The predicted octanol–water partition coefficient (Wildman–Crippen LogP) is 2.55. The first-order valence-electron chi connectivity index (χ1n) is 5.19. The Labute approximate surface area is 108 Å². The van der Waals surface area contributed by atoms with Crippen molar-refractivity contribution in [3.8, 4) is 0 Å². The maximum absolute atomic E-state index is 5.54. The Bertz CT molecular complexity index is 377. The average Bonchev–Trinajstić information content (AvgIpc) is 2.68. The number of nitrogens with one attached hydrogen (secondary N) is 1. The molecule has 0 aromatic carbocycles. The van der Waals surface area contributed by atoms with Crippen molar-refractivity contribution in [3.05, 3.63) is 10.8 Å². The van der Waals surface area contributed by atoms with E-state index >= 15 is 0 Å². The zero-order chi connectivity index (χ0) is 11.5. The van der Waals surface area contributed by atoms with Crippen LogP contribution in [0.25, 0.3) is 0 Å². The van der Waals surface area contributed by atoms with E-state index in [1.165, 1.54) is 0 Å². The van der Waals surface area contributed by atoms with Gasteiger partial charge in [-0.3, -0.25) is 0 Å². The number of hydrogen-bond donors (Lipinski definition) is 1. The second-order valence-corrected chi connectivity index (χ2v) is 5.63. The van der Waals surface area contributed by atoms with Crippen molar-refractivity contribution in [3.63, 3.8) is 0 Å². The molecule has 2 rings (SSSR count). The molecule has 0 saturated carbocycles. The van der Waals surface area contributed by atoms with Crippen LogP contribution in [-0.4, -0.2) is 35.0 Å². The molecule has 6 heteroatoms. The first-order valence-corrected chi connectivity index (χ1v) is 6.86. The lowest BCUT2D eigenvalue weighted by atomic mass is 10.3. The number of rotatable bonds is 3. The summed E-state index contributed by atoms with van der Waals surface area (Å²) >= 11 is 5.27. The number of ether oxygens (including phenoxy) is 1. The van der Waals surface area contributed by atoms with E-state index in [1.807, 2.05) is 7.05 Å². The smallest absolute Gasteiger partial charge is 0.144 e. The fraction of sp³-hybridized carbons (Fsp3) is 0.600. The van der Waals surface area contributed by atoms with Gasteiger partial charge in [0.2, 0.25) is 0 Å². The summed E-state index contributed by atoms with van der Waals surface area (Å²) < 4.78 is 6.47. The van der Waals surface area contributed by atoms with Gasteiger partial charge in [0, 0.05) is 18.9 Å². The Morgan fingerprint density at radius 1 is 1.56 bits per heavy atom. The molecular formula is C10H14BrN3OS. The fourth-order valence-corrected chi connectivity index (χ4v) is 3.38. The number of aromatic nitrogens is 2. The Kier molecular flexibility index (Phi) is 4.05. The average molecular weight is 304 g/mol. The highest BCUT2D eigenvalue weighted by molar-refractivity contribution is 9.10. The number of anilines is 1. The van der Waals surface area contributed by atoms with Gasteiger partial charge < -0.3 is 10.1 Å². The molecule has 1 aromatic rings. The Morgan fingerprint density at radius 2 is 2.38 bits per heavy atom. The van der Waals surface area contributed by atoms with Crippen LogP contribution in [0.4, 0.5) is 5.82 Å². The highest BCUT2D eigenvalue weighted by atomic mass is 79.9. The fourth-order valence-electron chi connectivity index (χ4n) is 1.62. The maximum atomic E-state index is 5.54. The van der Waals surface area contributed by atoms with Gasteiger partial charge in [0.15, 0.2) is 0 Å². The molecule has 0 aliphatic carbocycles. The topological polar surface area (TPSA) is 47.0 Å². The summed E-state index contributed by atoms with van der Waals surface area (Å²) in [6.45, 7) is 2.96. The summed E-state index contributed by atoms with van der Waals surface area (Å²) in [5.41, 5.74) is 0. The van der Waals surface area contributed by atoms with E-state index in [4.69, 9.17) is 4.74 Å². The molecule has 2 unspecified atom stereocenters. The SMILES string of the molecule is CNc1ncnc(SC2CCOC2C)c1Br. The van der Waals surface area contributed by atoms with Gasteiger partial charge in [-0.15, -0.1) is 0 Å². The molecule has 0 amide bonds. The van der Waals surface area contributed by atoms with Crippen LogP contribution >= 0.6 is 27.7 Å². The van der Waals surface area contributed by atoms with Crippen LogP contribution in [0.1, 0.15) is 13.3 Å². The van der Waals surface area contributed by atoms with Crippen LogP contribution < -0.4 is 5.32 Å². The summed E-state index contributed by atoms with van der Waals surface area (Å²) in [7, 11) is 1.85. The molecule has 0 bridgehead atoms. The zero-order valence-electron chi connectivity index (χ0n) is 9.24. The van der Waals surface area contributed by atoms with E-state index in [9.17, 15) is 0 Å². The third-order valence-corrected chi connectivity index (χ3v) is 5.03. The Morgan fingerprint density at radius 3 is 3.00 bits per heavy atom.